The SMILES string of the molecule is CN(C)c1cncc(-c2cc3c(-c4cc5ncccc5[nH]4)n[nH]c3cn2)c1. The maximum Gasteiger partial charge on any atom is 0.116 e. The molecule has 0 amide bonds. The Hall–Kier alpha value is -3.74. The van der Waals surface area contributed by atoms with E-state index in [9.17, 15) is 0 Å². The maximum absolute atomic E-state index is 4.58. The number of anilines is 1. The fraction of sp³-hybridized carbons (Fsp3) is 0.100. The molecule has 0 unspecified atom stereocenters. The largest absolute Gasteiger partial charge is 0.376 e. The Labute approximate surface area is 155 Å². The van der Waals surface area contributed by atoms with Crippen molar-refractivity contribution in [2.75, 3.05) is 19.0 Å². The average molecular weight is 355 g/mol. The van der Waals surface area contributed by atoms with E-state index in [1.54, 1.807) is 6.20 Å². The van der Waals surface area contributed by atoms with Gasteiger partial charge in [-0.2, -0.15) is 5.10 Å². The van der Waals surface area contributed by atoms with E-state index in [2.05, 4.69) is 36.2 Å². The molecular formula is C20H17N7. The molecule has 0 aliphatic carbocycles. The summed E-state index contributed by atoms with van der Waals surface area (Å²) in [7, 11) is 3.99. The second-order valence-corrected chi connectivity index (χ2v) is 6.63. The number of hydrogen-bond acceptors (Lipinski definition) is 5. The van der Waals surface area contributed by atoms with E-state index < -0.39 is 0 Å². The summed E-state index contributed by atoms with van der Waals surface area (Å²) in [6, 6.07) is 10.1. The number of aromatic amines is 2. The number of nitrogens with zero attached hydrogens (tertiary/aromatic N) is 5. The second-order valence-electron chi connectivity index (χ2n) is 6.63. The van der Waals surface area contributed by atoms with Gasteiger partial charge in [-0.1, -0.05) is 0 Å². The Bertz CT molecular complexity index is 1230. The predicted octanol–water partition coefficient (Wildman–Crippen LogP) is 3.63. The van der Waals surface area contributed by atoms with Crippen molar-refractivity contribution in [1.82, 2.24) is 30.1 Å². The van der Waals surface area contributed by atoms with Crippen molar-refractivity contribution in [2.45, 2.75) is 0 Å². The minimum absolute atomic E-state index is 0.850. The first-order chi connectivity index (χ1) is 13.2. The van der Waals surface area contributed by atoms with Gasteiger partial charge in [-0.3, -0.25) is 20.1 Å². The van der Waals surface area contributed by atoms with Crippen LogP contribution in [0.1, 0.15) is 0 Å². The van der Waals surface area contributed by atoms with Gasteiger partial charge in [0, 0.05) is 37.4 Å². The zero-order valence-electron chi connectivity index (χ0n) is 14.9. The number of aromatic nitrogens is 6. The summed E-state index contributed by atoms with van der Waals surface area (Å²) in [5, 5.41) is 8.56. The highest BCUT2D eigenvalue weighted by atomic mass is 15.1. The van der Waals surface area contributed by atoms with E-state index in [1.165, 1.54) is 0 Å². The third-order valence-corrected chi connectivity index (χ3v) is 4.63. The van der Waals surface area contributed by atoms with Crippen molar-refractivity contribution in [3.8, 4) is 22.6 Å². The fourth-order valence-electron chi connectivity index (χ4n) is 3.18. The molecule has 0 aliphatic rings. The summed E-state index contributed by atoms with van der Waals surface area (Å²) in [6.07, 6.45) is 7.26. The highest BCUT2D eigenvalue weighted by Crippen LogP contribution is 2.30. The molecule has 0 fully saturated rings. The molecule has 0 saturated heterocycles. The predicted molar refractivity (Wildman–Crippen MR) is 107 cm³/mol. The van der Waals surface area contributed by atoms with Gasteiger partial charge in [0.15, 0.2) is 0 Å². The van der Waals surface area contributed by atoms with Crippen molar-refractivity contribution in [3.05, 3.63) is 55.1 Å². The summed E-state index contributed by atoms with van der Waals surface area (Å²) < 4.78 is 0. The topological polar surface area (TPSA) is 86.4 Å². The Morgan fingerprint density at radius 1 is 0.963 bits per heavy atom. The van der Waals surface area contributed by atoms with Crippen molar-refractivity contribution in [3.63, 3.8) is 0 Å². The van der Waals surface area contributed by atoms with Crippen LogP contribution in [0.25, 0.3) is 44.6 Å². The first-order valence-corrected chi connectivity index (χ1v) is 8.60. The molecule has 5 aromatic heterocycles. The smallest absolute Gasteiger partial charge is 0.116 e. The lowest BCUT2D eigenvalue weighted by molar-refractivity contribution is 1.11. The summed E-state index contributed by atoms with van der Waals surface area (Å²) in [6.45, 7) is 0. The van der Waals surface area contributed by atoms with Crippen LogP contribution in [0.2, 0.25) is 0 Å². The second kappa shape index (κ2) is 5.91. The fourth-order valence-corrected chi connectivity index (χ4v) is 3.18. The molecule has 0 bridgehead atoms. The quantitative estimate of drug-likeness (QED) is 0.516. The van der Waals surface area contributed by atoms with Gasteiger partial charge < -0.3 is 9.88 Å². The monoisotopic (exact) mass is 355 g/mol. The molecule has 5 heterocycles. The van der Waals surface area contributed by atoms with Gasteiger partial charge in [-0.15, -0.1) is 0 Å². The third kappa shape index (κ3) is 2.60. The molecule has 0 aromatic carbocycles. The Kier molecular flexibility index (Phi) is 3.39. The lowest BCUT2D eigenvalue weighted by Gasteiger charge is -2.12. The van der Waals surface area contributed by atoms with Gasteiger partial charge in [-0.25, -0.2) is 0 Å². The zero-order valence-corrected chi connectivity index (χ0v) is 14.9. The highest BCUT2D eigenvalue weighted by molar-refractivity contribution is 5.96. The van der Waals surface area contributed by atoms with Crippen LogP contribution in [0.15, 0.2) is 55.1 Å². The first kappa shape index (κ1) is 15.5. The first-order valence-electron chi connectivity index (χ1n) is 8.60. The molecule has 0 atom stereocenters. The Balaban J connectivity index is 1.65. The molecule has 7 heteroatoms. The molecule has 5 rings (SSSR count). The molecule has 0 saturated carbocycles. The van der Waals surface area contributed by atoms with E-state index >= 15 is 0 Å². The van der Waals surface area contributed by atoms with Gasteiger partial charge >= 0.3 is 0 Å². The minimum atomic E-state index is 0.850. The zero-order chi connectivity index (χ0) is 18.4. The van der Waals surface area contributed by atoms with Crippen LogP contribution < -0.4 is 4.90 Å². The number of rotatable bonds is 3. The number of pyridine rings is 3. The van der Waals surface area contributed by atoms with Crippen molar-refractivity contribution in [1.29, 1.82) is 0 Å². The minimum Gasteiger partial charge on any atom is -0.376 e. The highest BCUT2D eigenvalue weighted by Gasteiger charge is 2.13. The molecule has 0 radical (unpaired) electrons. The number of fused-ring (bicyclic) bond motifs is 2. The van der Waals surface area contributed by atoms with Gasteiger partial charge in [0.05, 0.1) is 46.0 Å². The molecule has 0 spiro atoms. The van der Waals surface area contributed by atoms with E-state index in [1.807, 2.05) is 61.9 Å². The van der Waals surface area contributed by atoms with Gasteiger partial charge in [-0.05, 0) is 30.3 Å². The van der Waals surface area contributed by atoms with Crippen molar-refractivity contribution < 1.29 is 0 Å². The number of hydrogen-bond donors (Lipinski definition) is 2. The van der Waals surface area contributed by atoms with Crippen molar-refractivity contribution >= 4 is 27.6 Å². The van der Waals surface area contributed by atoms with Crippen LogP contribution >= 0.6 is 0 Å². The number of nitrogens with one attached hydrogen (secondary N) is 2. The standard InChI is InChI=1S/C20H17N7/c1-27(2)13-6-12(9-21-10-13)16-7-14-19(11-23-16)25-26-20(14)18-8-17-15(24-18)4-3-5-22-17/h3-11,24H,1-2H3,(H,25,26). The molecular weight excluding hydrogens is 338 g/mol. The third-order valence-electron chi connectivity index (χ3n) is 4.63. The normalized spacial score (nSPS) is 11.3. The van der Waals surface area contributed by atoms with Crippen LogP contribution in [-0.4, -0.2) is 44.2 Å². The van der Waals surface area contributed by atoms with Crippen LogP contribution in [-0.2, 0) is 0 Å². The molecule has 27 heavy (non-hydrogen) atoms. The summed E-state index contributed by atoms with van der Waals surface area (Å²) in [4.78, 5) is 18.7. The van der Waals surface area contributed by atoms with Crippen LogP contribution in [0.5, 0.6) is 0 Å². The molecule has 7 nitrogen and oxygen atoms in total. The van der Waals surface area contributed by atoms with Gasteiger partial charge in [0.25, 0.3) is 0 Å². The van der Waals surface area contributed by atoms with Crippen LogP contribution in [0, 0.1) is 0 Å². The lowest BCUT2D eigenvalue weighted by atomic mass is 10.1. The lowest BCUT2D eigenvalue weighted by Crippen LogP contribution is -2.08. The van der Waals surface area contributed by atoms with Gasteiger partial charge in [0.2, 0.25) is 0 Å². The van der Waals surface area contributed by atoms with Crippen LogP contribution in [0.3, 0.4) is 0 Å². The van der Waals surface area contributed by atoms with Crippen molar-refractivity contribution in [2.24, 2.45) is 0 Å². The van der Waals surface area contributed by atoms with E-state index in [4.69, 9.17) is 0 Å². The maximum atomic E-state index is 4.58. The summed E-state index contributed by atoms with van der Waals surface area (Å²) in [5.74, 6) is 0. The van der Waals surface area contributed by atoms with E-state index in [-0.39, 0.29) is 0 Å². The molecule has 132 valence electrons. The average Bonchev–Trinajstić information content (AvgIpc) is 3.31. The molecule has 5 aromatic rings. The van der Waals surface area contributed by atoms with Crippen LogP contribution in [0.4, 0.5) is 5.69 Å². The van der Waals surface area contributed by atoms with Gasteiger partial charge in [0.1, 0.15) is 5.69 Å². The number of H-pyrrole nitrogens is 2. The summed E-state index contributed by atoms with van der Waals surface area (Å²) in [5.41, 5.74) is 7.42. The molecule has 0 aliphatic heterocycles. The Morgan fingerprint density at radius 3 is 2.74 bits per heavy atom. The summed E-state index contributed by atoms with van der Waals surface area (Å²) >= 11 is 0. The molecule has 2 N–H and O–H groups in total. The van der Waals surface area contributed by atoms with E-state index in [0.29, 0.717) is 0 Å². The Morgan fingerprint density at radius 2 is 1.89 bits per heavy atom. The van der Waals surface area contributed by atoms with E-state index in [0.717, 1.165) is 50.3 Å².